The van der Waals surface area contributed by atoms with Gasteiger partial charge in [-0.25, -0.2) is 0 Å². The predicted octanol–water partition coefficient (Wildman–Crippen LogP) is 5.27. The Morgan fingerprint density at radius 1 is 1.00 bits per heavy atom. The van der Waals surface area contributed by atoms with Gasteiger partial charge < -0.3 is 23.5 Å². The first kappa shape index (κ1) is 32.0. The monoisotopic (exact) mass is 613 g/mol. The molecular weight excluding hydrogens is 570 g/mol. The number of benzene rings is 1. The van der Waals surface area contributed by atoms with Crippen LogP contribution in [0.1, 0.15) is 51.8 Å². The third-order valence-corrected chi connectivity index (χ3v) is 8.54. The van der Waals surface area contributed by atoms with E-state index in [1.165, 1.54) is 5.56 Å². The van der Waals surface area contributed by atoms with Crippen molar-refractivity contribution in [3.63, 3.8) is 0 Å². The fourth-order valence-corrected chi connectivity index (χ4v) is 5.97. The number of hydrogen-bond acceptors (Lipinski definition) is 7. The van der Waals surface area contributed by atoms with E-state index in [1.807, 2.05) is 43.5 Å². The lowest BCUT2D eigenvalue weighted by molar-refractivity contribution is -0.137. The largest absolute Gasteiger partial charge is 0.493 e. The van der Waals surface area contributed by atoms with Crippen LogP contribution in [0, 0.1) is 5.41 Å². The van der Waals surface area contributed by atoms with Crippen molar-refractivity contribution in [2.24, 2.45) is 5.41 Å². The van der Waals surface area contributed by atoms with Crippen LogP contribution in [0.25, 0.3) is 11.0 Å². The van der Waals surface area contributed by atoms with E-state index in [0.29, 0.717) is 60.9 Å². The third-order valence-electron chi connectivity index (χ3n) is 8.54. The van der Waals surface area contributed by atoms with E-state index in [-0.39, 0.29) is 17.4 Å². The number of pyridine rings is 2. The first-order chi connectivity index (χ1) is 21.6. The maximum Gasteiger partial charge on any atom is 0.261 e. The number of hydrogen-bond donors (Lipinski definition) is 0. The SMILES string of the molecule is CCCc1ncccc1CN(CCCOc1ccc2c(c1)N(C)C(=O)C(C)(C)C(=O)N2CC)CCn1ccc2occc2c1=O. The summed E-state index contributed by atoms with van der Waals surface area (Å²) < 4.78 is 13.3. The van der Waals surface area contributed by atoms with Gasteiger partial charge in [0, 0.05) is 63.9 Å². The van der Waals surface area contributed by atoms with Crippen LogP contribution in [0.3, 0.4) is 0 Å². The van der Waals surface area contributed by atoms with Crippen molar-refractivity contribution in [2.75, 3.05) is 43.1 Å². The molecule has 1 aromatic carbocycles. The van der Waals surface area contributed by atoms with Crippen LogP contribution in [-0.4, -0.2) is 59.6 Å². The first-order valence-electron chi connectivity index (χ1n) is 15.7. The number of aromatic nitrogens is 2. The van der Waals surface area contributed by atoms with Gasteiger partial charge in [0.15, 0.2) is 0 Å². The Balaban J connectivity index is 1.28. The lowest BCUT2D eigenvalue weighted by atomic mass is 9.90. The number of furan rings is 1. The number of aryl methyl sites for hydroxylation is 1. The molecule has 10 nitrogen and oxygen atoms in total. The number of ether oxygens (including phenoxy) is 1. The van der Waals surface area contributed by atoms with Crippen LogP contribution in [0.15, 0.2) is 70.3 Å². The molecule has 45 heavy (non-hydrogen) atoms. The summed E-state index contributed by atoms with van der Waals surface area (Å²) in [5.41, 5.74) is 3.02. The zero-order valence-electron chi connectivity index (χ0n) is 26.9. The van der Waals surface area contributed by atoms with Crippen LogP contribution in [-0.2, 0) is 29.1 Å². The van der Waals surface area contributed by atoms with E-state index in [4.69, 9.17) is 9.15 Å². The quantitative estimate of drug-likeness (QED) is 0.150. The molecule has 0 radical (unpaired) electrons. The van der Waals surface area contributed by atoms with Crippen molar-refractivity contribution in [1.29, 1.82) is 0 Å². The second kappa shape index (κ2) is 13.7. The number of rotatable bonds is 13. The number of carbonyl (C=O) groups excluding carboxylic acids is 2. The molecule has 0 aliphatic carbocycles. The van der Waals surface area contributed by atoms with Gasteiger partial charge in [0.25, 0.3) is 5.56 Å². The molecule has 10 heteroatoms. The molecule has 0 unspecified atom stereocenters. The standard InChI is InChI=1S/C35H43N5O5/c1-6-10-28-25(11-8-16-36-28)24-38(19-20-39-18-14-31-27(32(39)41)15-22-45-31)17-9-21-44-26-12-13-29-30(23-26)37(5)33(42)35(3,4)34(43)40(29)7-2/h8,11-16,18,22-23H,6-7,9-10,17,19-21,24H2,1-5H3. The summed E-state index contributed by atoms with van der Waals surface area (Å²) in [6, 6.07) is 13.2. The molecule has 0 atom stereocenters. The van der Waals surface area contributed by atoms with Gasteiger partial charge in [-0.05, 0) is 69.5 Å². The van der Waals surface area contributed by atoms with Gasteiger partial charge >= 0.3 is 0 Å². The molecule has 3 aromatic heterocycles. The Bertz CT molecular complexity index is 1720. The molecule has 4 heterocycles. The van der Waals surface area contributed by atoms with Gasteiger partial charge in [-0.15, -0.1) is 0 Å². The molecule has 2 amide bonds. The summed E-state index contributed by atoms with van der Waals surface area (Å²) in [4.78, 5) is 49.6. The molecule has 0 saturated carbocycles. The van der Waals surface area contributed by atoms with Crippen molar-refractivity contribution >= 4 is 34.2 Å². The topological polar surface area (TPSA) is 101 Å². The van der Waals surface area contributed by atoms with Gasteiger partial charge in [0.1, 0.15) is 16.7 Å². The molecule has 1 aliphatic rings. The lowest BCUT2D eigenvalue weighted by Gasteiger charge is -2.27. The Labute approximate surface area is 264 Å². The highest BCUT2D eigenvalue weighted by Crippen LogP contribution is 2.40. The summed E-state index contributed by atoms with van der Waals surface area (Å²) in [7, 11) is 1.71. The Morgan fingerprint density at radius 3 is 2.60 bits per heavy atom. The molecule has 0 N–H and O–H groups in total. The maximum absolute atomic E-state index is 13.2. The summed E-state index contributed by atoms with van der Waals surface area (Å²) >= 11 is 0. The zero-order chi connectivity index (χ0) is 32.1. The van der Waals surface area contributed by atoms with Crippen molar-refractivity contribution in [3.05, 3.63) is 82.7 Å². The molecule has 0 fully saturated rings. The highest BCUT2D eigenvalue weighted by Gasteiger charge is 2.45. The highest BCUT2D eigenvalue weighted by atomic mass is 16.5. The van der Waals surface area contributed by atoms with Gasteiger partial charge in [0.2, 0.25) is 11.8 Å². The predicted molar refractivity (Wildman–Crippen MR) is 176 cm³/mol. The third kappa shape index (κ3) is 6.66. The zero-order valence-corrected chi connectivity index (χ0v) is 26.9. The second-order valence-corrected chi connectivity index (χ2v) is 12.0. The van der Waals surface area contributed by atoms with Gasteiger partial charge in [-0.2, -0.15) is 0 Å². The number of anilines is 2. The maximum atomic E-state index is 13.2. The average Bonchev–Trinajstić information content (AvgIpc) is 3.52. The Hall–Kier alpha value is -4.44. The molecule has 1 aliphatic heterocycles. The molecule has 0 saturated heterocycles. The minimum atomic E-state index is -1.16. The van der Waals surface area contributed by atoms with Crippen LogP contribution < -0.4 is 20.1 Å². The highest BCUT2D eigenvalue weighted by molar-refractivity contribution is 6.20. The molecule has 0 bridgehead atoms. The second-order valence-electron chi connectivity index (χ2n) is 12.0. The normalized spacial score (nSPS) is 14.7. The van der Waals surface area contributed by atoms with E-state index < -0.39 is 5.41 Å². The molecule has 238 valence electrons. The minimum Gasteiger partial charge on any atom is -0.493 e. The molecule has 4 aromatic rings. The summed E-state index contributed by atoms with van der Waals surface area (Å²) in [5, 5.41) is 0.582. The fourth-order valence-electron chi connectivity index (χ4n) is 5.97. The lowest BCUT2D eigenvalue weighted by Crippen LogP contribution is -2.47. The number of nitrogens with zero attached hydrogens (tertiary/aromatic N) is 5. The van der Waals surface area contributed by atoms with Crippen LogP contribution in [0.5, 0.6) is 5.75 Å². The number of fused-ring (bicyclic) bond motifs is 2. The van der Waals surface area contributed by atoms with Gasteiger partial charge in [-0.1, -0.05) is 19.4 Å². The van der Waals surface area contributed by atoms with E-state index in [2.05, 4.69) is 22.9 Å². The smallest absolute Gasteiger partial charge is 0.261 e. The van der Waals surface area contributed by atoms with E-state index in [1.54, 1.807) is 53.8 Å². The Morgan fingerprint density at radius 2 is 1.82 bits per heavy atom. The summed E-state index contributed by atoms with van der Waals surface area (Å²) in [6.07, 6.45) is 7.85. The van der Waals surface area contributed by atoms with E-state index in [0.717, 1.165) is 31.5 Å². The molecule has 0 spiro atoms. The van der Waals surface area contributed by atoms with E-state index >= 15 is 0 Å². The summed E-state index contributed by atoms with van der Waals surface area (Å²) in [5.74, 6) is 0.180. The van der Waals surface area contributed by atoms with Crippen LogP contribution in [0.4, 0.5) is 11.4 Å². The van der Waals surface area contributed by atoms with Crippen molar-refractivity contribution in [3.8, 4) is 5.75 Å². The van der Waals surface area contributed by atoms with Crippen molar-refractivity contribution in [2.45, 2.75) is 60.0 Å². The van der Waals surface area contributed by atoms with E-state index in [9.17, 15) is 14.4 Å². The van der Waals surface area contributed by atoms with Crippen LogP contribution in [0.2, 0.25) is 0 Å². The molecule has 5 rings (SSSR count). The van der Waals surface area contributed by atoms with Crippen LogP contribution >= 0.6 is 0 Å². The number of carbonyl (C=O) groups is 2. The van der Waals surface area contributed by atoms with Gasteiger partial charge in [0.05, 0.1) is 29.6 Å². The first-order valence-corrected chi connectivity index (χ1v) is 15.7. The average molecular weight is 614 g/mol. The summed E-state index contributed by atoms with van der Waals surface area (Å²) in [6.45, 7) is 11.0. The van der Waals surface area contributed by atoms with Crippen molar-refractivity contribution in [1.82, 2.24) is 14.5 Å². The fraction of sp³-hybridized carbons (Fsp3) is 0.429. The Kier molecular flexibility index (Phi) is 9.72. The minimum absolute atomic E-state index is 0.0593. The number of amides is 2. The van der Waals surface area contributed by atoms with Gasteiger partial charge in [-0.3, -0.25) is 24.3 Å². The van der Waals surface area contributed by atoms with Crippen molar-refractivity contribution < 1.29 is 18.7 Å². The molecular formula is C35H43N5O5.